The Morgan fingerprint density at radius 1 is 1.04 bits per heavy atom. The molecule has 1 amide bonds. The molecule has 0 aliphatic heterocycles. The Kier molecular flexibility index (Phi) is 6.83. The number of ether oxygens (including phenoxy) is 2. The number of esters is 1. The Morgan fingerprint density at radius 3 is 2.60 bits per heavy atom. The Balaban J connectivity index is 1.76. The van der Waals surface area contributed by atoms with Gasteiger partial charge in [0.15, 0.2) is 0 Å². The zero-order chi connectivity index (χ0) is 18.1. The summed E-state index contributed by atoms with van der Waals surface area (Å²) in [6, 6.07) is 14.6. The topological polar surface area (TPSA) is 76.7 Å². The summed E-state index contributed by atoms with van der Waals surface area (Å²) < 4.78 is 9.85. The van der Waals surface area contributed by atoms with Gasteiger partial charge in [-0.1, -0.05) is 18.2 Å². The number of nitrogens with one attached hydrogen (secondary N) is 2. The minimum absolute atomic E-state index is 0.119. The van der Waals surface area contributed by atoms with Crippen LogP contribution >= 0.6 is 0 Å². The molecule has 0 aromatic heterocycles. The van der Waals surface area contributed by atoms with Crippen LogP contribution in [0.15, 0.2) is 48.5 Å². The normalized spacial score (nSPS) is 10.0. The third-order valence-corrected chi connectivity index (χ3v) is 3.61. The summed E-state index contributed by atoms with van der Waals surface area (Å²) in [7, 11) is 2.96. The molecule has 0 spiro atoms. The number of hydrogen-bond acceptors (Lipinski definition) is 5. The maximum absolute atomic E-state index is 11.9. The van der Waals surface area contributed by atoms with Crippen molar-refractivity contribution in [1.82, 2.24) is 5.32 Å². The Hall–Kier alpha value is -3.02. The lowest BCUT2D eigenvalue weighted by molar-refractivity contribution is -0.119. The molecule has 0 bridgehead atoms. The smallest absolute Gasteiger partial charge is 0.337 e. The van der Waals surface area contributed by atoms with E-state index in [1.165, 1.54) is 7.11 Å². The minimum Gasteiger partial charge on any atom is -0.497 e. The molecule has 25 heavy (non-hydrogen) atoms. The minimum atomic E-state index is -0.411. The molecule has 2 aromatic rings. The van der Waals surface area contributed by atoms with Crippen LogP contribution in [0.3, 0.4) is 0 Å². The predicted molar refractivity (Wildman–Crippen MR) is 96.0 cm³/mol. The number of carbonyl (C=O) groups is 2. The van der Waals surface area contributed by atoms with Gasteiger partial charge < -0.3 is 20.1 Å². The van der Waals surface area contributed by atoms with Gasteiger partial charge in [-0.2, -0.15) is 0 Å². The van der Waals surface area contributed by atoms with Crippen molar-refractivity contribution < 1.29 is 19.1 Å². The second-order valence-corrected chi connectivity index (χ2v) is 5.38. The van der Waals surface area contributed by atoms with Crippen molar-refractivity contribution in [2.45, 2.75) is 6.42 Å². The third-order valence-electron chi connectivity index (χ3n) is 3.61. The van der Waals surface area contributed by atoms with Crippen LogP contribution in [0.2, 0.25) is 0 Å². The van der Waals surface area contributed by atoms with Gasteiger partial charge in [-0.05, 0) is 42.3 Å². The van der Waals surface area contributed by atoms with E-state index in [1.807, 2.05) is 24.3 Å². The van der Waals surface area contributed by atoms with Crippen molar-refractivity contribution in [2.24, 2.45) is 0 Å². The standard InChI is InChI=1S/C19H22N2O4/c1-24-17-8-3-5-14(11-17)9-10-20-18(22)13-21-16-7-4-6-15(12-16)19(23)25-2/h3-8,11-12,21H,9-10,13H2,1-2H3,(H,20,22). The van der Waals surface area contributed by atoms with E-state index in [0.29, 0.717) is 17.8 Å². The van der Waals surface area contributed by atoms with E-state index in [2.05, 4.69) is 15.4 Å². The van der Waals surface area contributed by atoms with Crippen molar-refractivity contribution in [3.63, 3.8) is 0 Å². The van der Waals surface area contributed by atoms with E-state index >= 15 is 0 Å². The molecule has 0 saturated carbocycles. The number of rotatable bonds is 8. The third kappa shape index (κ3) is 5.84. The van der Waals surface area contributed by atoms with Gasteiger partial charge in [0.2, 0.25) is 5.91 Å². The Morgan fingerprint density at radius 2 is 1.84 bits per heavy atom. The monoisotopic (exact) mass is 342 g/mol. The lowest BCUT2D eigenvalue weighted by Gasteiger charge is -2.09. The van der Waals surface area contributed by atoms with Crippen LogP contribution in [0, 0.1) is 0 Å². The summed E-state index contributed by atoms with van der Waals surface area (Å²) in [6.45, 7) is 0.665. The number of benzene rings is 2. The van der Waals surface area contributed by atoms with Gasteiger partial charge in [0, 0.05) is 12.2 Å². The lowest BCUT2D eigenvalue weighted by Crippen LogP contribution is -2.31. The summed E-state index contributed by atoms with van der Waals surface area (Å²) in [5.74, 6) is 0.272. The lowest BCUT2D eigenvalue weighted by atomic mass is 10.1. The Labute approximate surface area is 147 Å². The second-order valence-electron chi connectivity index (χ2n) is 5.38. The van der Waals surface area contributed by atoms with E-state index in [0.717, 1.165) is 17.7 Å². The molecule has 6 nitrogen and oxygen atoms in total. The largest absolute Gasteiger partial charge is 0.497 e. The van der Waals surface area contributed by atoms with Crippen LogP contribution < -0.4 is 15.4 Å². The average molecular weight is 342 g/mol. The van der Waals surface area contributed by atoms with Crippen molar-refractivity contribution in [3.8, 4) is 5.75 Å². The molecule has 0 aliphatic carbocycles. The SMILES string of the molecule is COC(=O)c1cccc(NCC(=O)NCCc2cccc(OC)c2)c1. The average Bonchev–Trinajstić information content (AvgIpc) is 2.66. The number of amides is 1. The number of anilines is 1. The quantitative estimate of drug-likeness (QED) is 0.720. The van der Waals surface area contributed by atoms with E-state index in [1.54, 1.807) is 31.4 Å². The molecule has 132 valence electrons. The molecule has 2 rings (SSSR count). The first-order chi connectivity index (χ1) is 12.1. The first kappa shape index (κ1) is 18.3. The van der Waals surface area contributed by atoms with Crippen LogP contribution in [0.1, 0.15) is 15.9 Å². The molecule has 0 radical (unpaired) electrons. The second kappa shape index (κ2) is 9.32. The van der Waals surface area contributed by atoms with Gasteiger partial charge >= 0.3 is 5.97 Å². The summed E-state index contributed by atoms with van der Waals surface area (Å²) >= 11 is 0. The van der Waals surface area contributed by atoms with Crippen LogP contribution in [0.25, 0.3) is 0 Å². The molecule has 0 unspecified atom stereocenters. The van der Waals surface area contributed by atoms with E-state index in [9.17, 15) is 9.59 Å². The number of hydrogen-bond donors (Lipinski definition) is 2. The van der Waals surface area contributed by atoms with Gasteiger partial charge in [-0.15, -0.1) is 0 Å². The summed E-state index contributed by atoms with van der Waals surface area (Å²) in [6.07, 6.45) is 0.723. The first-order valence-electron chi connectivity index (χ1n) is 7.94. The highest BCUT2D eigenvalue weighted by atomic mass is 16.5. The van der Waals surface area contributed by atoms with Crippen LogP contribution in [0.5, 0.6) is 5.75 Å². The molecule has 0 heterocycles. The number of carbonyl (C=O) groups excluding carboxylic acids is 2. The van der Waals surface area contributed by atoms with Gasteiger partial charge in [0.05, 0.1) is 26.3 Å². The molecule has 0 aliphatic rings. The molecule has 6 heteroatoms. The molecule has 0 fully saturated rings. The summed E-state index contributed by atoms with van der Waals surface area (Å²) in [5.41, 5.74) is 2.22. The zero-order valence-electron chi connectivity index (χ0n) is 14.4. The fourth-order valence-electron chi connectivity index (χ4n) is 2.29. The molecule has 0 saturated heterocycles. The van der Waals surface area contributed by atoms with Gasteiger partial charge in [-0.25, -0.2) is 4.79 Å². The molecule has 2 N–H and O–H groups in total. The van der Waals surface area contributed by atoms with Crippen LogP contribution in [-0.2, 0) is 16.0 Å². The number of methoxy groups -OCH3 is 2. The van der Waals surface area contributed by atoms with E-state index in [-0.39, 0.29) is 12.5 Å². The van der Waals surface area contributed by atoms with Crippen LogP contribution in [-0.4, -0.2) is 39.2 Å². The highest BCUT2D eigenvalue weighted by Crippen LogP contribution is 2.13. The maximum Gasteiger partial charge on any atom is 0.337 e. The van der Waals surface area contributed by atoms with Crippen molar-refractivity contribution >= 4 is 17.6 Å². The van der Waals surface area contributed by atoms with Gasteiger partial charge in [0.25, 0.3) is 0 Å². The van der Waals surface area contributed by atoms with E-state index in [4.69, 9.17) is 4.74 Å². The predicted octanol–water partition coefficient (Wildman–Crippen LogP) is 2.25. The van der Waals surface area contributed by atoms with Crippen molar-refractivity contribution in [1.29, 1.82) is 0 Å². The maximum atomic E-state index is 11.9. The molecule has 0 atom stereocenters. The summed E-state index contributed by atoms with van der Waals surface area (Å²) in [5, 5.41) is 5.84. The first-order valence-corrected chi connectivity index (χ1v) is 7.94. The van der Waals surface area contributed by atoms with Crippen LogP contribution in [0.4, 0.5) is 5.69 Å². The molecule has 2 aromatic carbocycles. The fraction of sp³-hybridized carbons (Fsp3) is 0.263. The Bertz CT molecular complexity index is 731. The van der Waals surface area contributed by atoms with Gasteiger partial charge in [-0.3, -0.25) is 4.79 Å². The van der Waals surface area contributed by atoms with Gasteiger partial charge in [0.1, 0.15) is 5.75 Å². The highest BCUT2D eigenvalue weighted by Gasteiger charge is 2.06. The van der Waals surface area contributed by atoms with Crippen molar-refractivity contribution in [3.05, 3.63) is 59.7 Å². The summed E-state index contributed by atoms with van der Waals surface area (Å²) in [4.78, 5) is 23.4. The zero-order valence-corrected chi connectivity index (χ0v) is 14.4. The highest BCUT2D eigenvalue weighted by molar-refractivity contribution is 5.90. The fourth-order valence-corrected chi connectivity index (χ4v) is 2.29. The van der Waals surface area contributed by atoms with Crippen molar-refractivity contribution in [2.75, 3.05) is 32.6 Å². The van der Waals surface area contributed by atoms with E-state index < -0.39 is 5.97 Å². The molecular weight excluding hydrogens is 320 g/mol. The molecular formula is C19H22N2O4.